The Morgan fingerprint density at radius 2 is 2.19 bits per heavy atom. The number of esters is 1. The molecule has 0 rings (SSSR count). The Morgan fingerprint density at radius 1 is 1.50 bits per heavy atom. The summed E-state index contributed by atoms with van der Waals surface area (Å²) in [6, 6.07) is 2.16. The first-order valence-electron chi connectivity index (χ1n) is 5.91. The van der Waals surface area contributed by atoms with Gasteiger partial charge in [0.1, 0.15) is 0 Å². The highest BCUT2D eigenvalue weighted by Gasteiger charge is 2.12. The first kappa shape index (κ1) is 14.9. The van der Waals surface area contributed by atoms with Gasteiger partial charge in [-0.3, -0.25) is 9.69 Å². The Bertz CT molecular complexity index is 236. The van der Waals surface area contributed by atoms with E-state index in [1.807, 2.05) is 18.7 Å². The molecule has 0 spiro atoms. The Morgan fingerprint density at radius 3 is 2.69 bits per heavy atom. The predicted molar refractivity (Wildman–Crippen MR) is 62.8 cm³/mol. The van der Waals surface area contributed by atoms with Crippen molar-refractivity contribution in [1.29, 1.82) is 5.26 Å². The molecule has 4 heteroatoms. The molecule has 1 unspecified atom stereocenters. The van der Waals surface area contributed by atoms with Crippen molar-refractivity contribution in [2.45, 2.75) is 33.6 Å². The van der Waals surface area contributed by atoms with Crippen molar-refractivity contribution in [2.24, 2.45) is 5.92 Å². The van der Waals surface area contributed by atoms with E-state index in [1.165, 1.54) is 0 Å². The summed E-state index contributed by atoms with van der Waals surface area (Å²) in [6.07, 6.45) is 1.93. The third kappa shape index (κ3) is 7.24. The molecule has 0 bridgehead atoms. The van der Waals surface area contributed by atoms with Gasteiger partial charge in [0.15, 0.2) is 0 Å². The van der Waals surface area contributed by atoms with Crippen LogP contribution in [-0.4, -0.2) is 37.1 Å². The average molecular weight is 226 g/mol. The van der Waals surface area contributed by atoms with Crippen molar-refractivity contribution in [3.8, 4) is 6.07 Å². The van der Waals surface area contributed by atoms with E-state index in [2.05, 4.69) is 13.0 Å². The highest BCUT2D eigenvalue weighted by atomic mass is 16.5. The monoisotopic (exact) mass is 226 g/mol. The number of ether oxygens (including phenoxy) is 1. The fraction of sp³-hybridized carbons (Fsp3) is 0.833. The van der Waals surface area contributed by atoms with Gasteiger partial charge in [0.05, 0.1) is 25.1 Å². The van der Waals surface area contributed by atoms with Crippen LogP contribution >= 0.6 is 0 Å². The summed E-state index contributed by atoms with van der Waals surface area (Å²) >= 11 is 0. The van der Waals surface area contributed by atoms with Crippen LogP contribution in [0.4, 0.5) is 0 Å². The molecular weight excluding hydrogens is 204 g/mol. The Kier molecular flexibility index (Phi) is 8.55. The van der Waals surface area contributed by atoms with Gasteiger partial charge in [0.25, 0.3) is 0 Å². The highest BCUT2D eigenvalue weighted by molar-refractivity contribution is 5.71. The minimum absolute atomic E-state index is 0.0524. The number of carbonyl (C=O) groups is 1. The van der Waals surface area contributed by atoms with Gasteiger partial charge in [0.2, 0.25) is 0 Å². The number of nitriles is 1. The number of hydrogen-bond acceptors (Lipinski definition) is 4. The van der Waals surface area contributed by atoms with Gasteiger partial charge in [-0.2, -0.15) is 5.26 Å². The first-order chi connectivity index (χ1) is 7.63. The smallest absolute Gasteiger partial charge is 0.320 e. The molecule has 0 fully saturated rings. The van der Waals surface area contributed by atoms with Crippen LogP contribution in [0.25, 0.3) is 0 Å². The van der Waals surface area contributed by atoms with E-state index in [1.54, 1.807) is 0 Å². The highest BCUT2D eigenvalue weighted by Crippen LogP contribution is 1.99. The van der Waals surface area contributed by atoms with Crippen LogP contribution < -0.4 is 0 Å². The van der Waals surface area contributed by atoms with Crippen LogP contribution in [0.2, 0.25) is 0 Å². The molecule has 16 heavy (non-hydrogen) atoms. The van der Waals surface area contributed by atoms with Gasteiger partial charge < -0.3 is 4.74 Å². The number of unbranched alkanes of at least 4 members (excludes halogenated alkanes) is 1. The molecule has 0 aromatic carbocycles. The minimum atomic E-state index is -0.194. The molecule has 0 aliphatic carbocycles. The van der Waals surface area contributed by atoms with Crippen molar-refractivity contribution in [2.75, 3.05) is 26.2 Å². The maximum Gasteiger partial charge on any atom is 0.320 e. The van der Waals surface area contributed by atoms with E-state index in [9.17, 15) is 4.79 Å². The van der Waals surface area contributed by atoms with Gasteiger partial charge >= 0.3 is 5.97 Å². The van der Waals surface area contributed by atoms with Gasteiger partial charge in [-0.15, -0.1) is 0 Å². The molecule has 1 atom stereocenters. The van der Waals surface area contributed by atoms with Crippen LogP contribution in [0.3, 0.4) is 0 Å². The quantitative estimate of drug-likeness (QED) is 0.468. The lowest BCUT2D eigenvalue weighted by molar-refractivity contribution is -0.145. The van der Waals surface area contributed by atoms with Crippen LogP contribution in [0.15, 0.2) is 0 Å². The molecule has 0 saturated heterocycles. The standard InChI is InChI=1S/C12H22N2O2/c1-4-6-7-16-12(15)10-14(5-2)9-11(3)8-13/h11H,4-7,9-10H2,1-3H3. The van der Waals surface area contributed by atoms with Crippen LogP contribution in [-0.2, 0) is 9.53 Å². The molecule has 0 aromatic rings. The SMILES string of the molecule is CCCCOC(=O)CN(CC)CC(C)C#N. The second kappa shape index (κ2) is 9.17. The number of hydrogen-bond donors (Lipinski definition) is 0. The fourth-order valence-corrected chi connectivity index (χ4v) is 1.29. The van der Waals surface area contributed by atoms with Crippen molar-refractivity contribution < 1.29 is 9.53 Å². The van der Waals surface area contributed by atoms with Gasteiger partial charge in [-0.1, -0.05) is 20.3 Å². The summed E-state index contributed by atoms with van der Waals surface area (Å²) in [7, 11) is 0. The summed E-state index contributed by atoms with van der Waals surface area (Å²) < 4.78 is 5.07. The van der Waals surface area contributed by atoms with Crippen molar-refractivity contribution in [3.05, 3.63) is 0 Å². The zero-order valence-electron chi connectivity index (χ0n) is 10.5. The van der Waals surface area contributed by atoms with Gasteiger partial charge in [0, 0.05) is 6.54 Å². The van der Waals surface area contributed by atoms with Crippen LogP contribution in [0.1, 0.15) is 33.6 Å². The number of nitrogens with zero attached hydrogens (tertiary/aromatic N) is 2. The Balaban J connectivity index is 3.84. The second-order valence-corrected chi connectivity index (χ2v) is 3.93. The number of rotatable bonds is 8. The lowest BCUT2D eigenvalue weighted by Gasteiger charge is -2.20. The zero-order chi connectivity index (χ0) is 12.4. The van der Waals surface area contributed by atoms with Crippen LogP contribution in [0.5, 0.6) is 0 Å². The third-order valence-corrected chi connectivity index (χ3v) is 2.31. The zero-order valence-corrected chi connectivity index (χ0v) is 10.5. The first-order valence-corrected chi connectivity index (χ1v) is 5.91. The second-order valence-electron chi connectivity index (χ2n) is 3.93. The summed E-state index contributed by atoms with van der Waals surface area (Å²) in [5, 5.41) is 8.69. The molecule has 0 aliphatic heterocycles. The molecule has 0 heterocycles. The maximum absolute atomic E-state index is 11.4. The summed E-state index contributed by atoms with van der Waals surface area (Å²) in [5.74, 6) is -0.246. The molecule has 0 amide bonds. The molecule has 0 saturated carbocycles. The van der Waals surface area contributed by atoms with E-state index >= 15 is 0 Å². The van der Waals surface area contributed by atoms with E-state index < -0.39 is 0 Å². The Labute approximate surface area is 98.2 Å². The minimum Gasteiger partial charge on any atom is -0.465 e. The molecule has 0 aliphatic rings. The van der Waals surface area contributed by atoms with Crippen molar-refractivity contribution in [3.63, 3.8) is 0 Å². The van der Waals surface area contributed by atoms with E-state index in [0.717, 1.165) is 19.4 Å². The average Bonchev–Trinajstić information content (AvgIpc) is 2.28. The van der Waals surface area contributed by atoms with E-state index in [4.69, 9.17) is 10.00 Å². The molecule has 92 valence electrons. The van der Waals surface area contributed by atoms with Crippen molar-refractivity contribution in [1.82, 2.24) is 4.90 Å². The lowest BCUT2D eigenvalue weighted by atomic mass is 10.2. The van der Waals surface area contributed by atoms with Crippen molar-refractivity contribution >= 4 is 5.97 Å². The normalized spacial score (nSPS) is 12.2. The molecule has 0 radical (unpaired) electrons. The Hall–Kier alpha value is -1.08. The van der Waals surface area contributed by atoms with Crippen LogP contribution in [0, 0.1) is 17.2 Å². The molecule has 0 aromatic heterocycles. The van der Waals surface area contributed by atoms with Gasteiger partial charge in [-0.25, -0.2) is 0 Å². The topological polar surface area (TPSA) is 53.3 Å². The molecular formula is C12H22N2O2. The molecule has 0 N–H and O–H groups in total. The number of carbonyl (C=O) groups excluding carboxylic acids is 1. The largest absolute Gasteiger partial charge is 0.465 e. The lowest BCUT2D eigenvalue weighted by Crippen LogP contribution is -2.34. The maximum atomic E-state index is 11.4. The van der Waals surface area contributed by atoms with E-state index in [-0.39, 0.29) is 18.4 Å². The van der Waals surface area contributed by atoms with Gasteiger partial charge in [-0.05, 0) is 19.9 Å². The molecule has 4 nitrogen and oxygen atoms in total. The predicted octanol–water partition coefficient (Wildman–Crippen LogP) is 1.81. The van der Waals surface area contributed by atoms with E-state index in [0.29, 0.717) is 13.2 Å². The fourth-order valence-electron chi connectivity index (χ4n) is 1.29. The summed E-state index contributed by atoms with van der Waals surface area (Å²) in [6.45, 7) is 8.05. The number of likely N-dealkylation sites (N-methyl/N-ethyl adjacent to an activating group) is 1. The summed E-state index contributed by atoms with van der Waals surface area (Å²) in [4.78, 5) is 13.3. The summed E-state index contributed by atoms with van der Waals surface area (Å²) in [5.41, 5.74) is 0. The third-order valence-electron chi connectivity index (χ3n) is 2.31.